The summed E-state index contributed by atoms with van der Waals surface area (Å²) < 4.78 is 27.7. The van der Waals surface area contributed by atoms with Crippen molar-refractivity contribution in [3.8, 4) is 5.69 Å². The van der Waals surface area contributed by atoms with Crippen LogP contribution in [0.5, 0.6) is 0 Å². The van der Waals surface area contributed by atoms with Gasteiger partial charge < -0.3 is 4.90 Å². The highest BCUT2D eigenvalue weighted by molar-refractivity contribution is 5.90. The van der Waals surface area contributed by atoms with E-state index in [1.807, 2.05) is 6.92 Å². The minimum atomic E-state index is -0.356. The molecule has 1 aromatic heterocycles. The molecule has 0 N–H and O–H groups in total. The molecule has 0 saturated heterocycles. The Kier molecular flexibility index (Phi) is 4.79. The fourth-order valence-corrected chi connectivity index (χ4v) is 2.61. The Balaban J connectivity index is 1.84. The van der Waals surface area contributed by atoms with E-state index in [0.29, 0.717) is 11.5 Å². The number of aryl methyl sites for hydroxylation is 1. The number of hydrogen-bond acceptors (Lipinski definition) is 3. The van der Waals surface area contributed by atoms with Gasteiger partial charge in [-0.1, -0.05) is 12.1 Å². The van der Waals surface area contributed by atoms with Gasteiger partial charge in [-0.3, -0.25) is 4.79 Å². The molecular weight excluding hydrogens is 338 g/mol. The first-order chi connectivity index (χ1) is 12.4. The monoisotopic (exact) mass is 356 g/mol. The molecule has 3 rings (SSSR count). The summed E-state index contributed by atoms with van der Waals surface area (Å²) in [5, 5.41) is 4.25. The number of carbonyl (C=O) groups is 1. The molecule has 0 aliphatic rings. The van der Waals surface area contributed by atoms with Gasteiger partial charge in [0.25, 0.3) is 5.91 Å². The fraction of sp³-hybridized carbons (Fsp3) is 0.211. The zero-order valence-electron chi connectivity index (χ0n) is 14.6. The lowest BCUT2D eigenvalue weighted by molar-refractivity contribution is 0.0730. The van der Waals surface area contributed by atoms with Crippen molar-refractivity contribution in [2.24, 2.45) is 0 Å². The summed E-state index contributed by atoms with van der Waals surface area (Å²) in [5.41, 5.74) is 1.42. The van der Waals surface area contributed by atoms with Crippen LogP contribution < -0.4 is 0 Å². The van der Waals surface area contributed by atoms with E-state index in [-0.39, 0.29) is 29.4 Å². The second kappa shape index (κ2) is 7.03. The van der Waals surface area contributed by atoms with Crippen LogP contribution in [0.1, 0.15) is 35.0 Å². The Morgan fingerprint density at radius 3 is 2.15 bits per heavy atom. The van der Waals surface area contributed by atoms with Crippen LogP contribution in [0, 0.1) is 18.6 Å². The van der Waals surface area contributed by atoms with Gasteiger partial charge in [0.2, 0.25) is 5.82 Å². The van der Waals surface area contributed by atoms with Gasteiger partial charge in [0.15, 0.2) is 0 Å². The van der Waals surface area contributed by atoms with Crippen LogP contribution in [0.15, 0.2) is 48.5 Å². The third-order valence-electron chi connectivity index (χ3n) is 4.29. The summed E-state index contributed by atoms with van der Waals surface area (Å²) >= 11 is 0. The van der Waals surface area contributed by atoms with Crippen molar-refractivity contribution in [2.75, 3.05) is 7.05 Å². The number of aromatic nitrogens is 3. The zero-order valence-corrected chi connectivity index (χ0v) is 14.6. The highest BCUT2D eigenvalue weighted by Crippen LogP contribution is 2.21. The molecule has 0 radical (unpaired) electrons. The number of rotatable bonds is 4. The zero-order chi connectivity index (χ0) is 18.8. The largest absolute Gasteiger partial charge is 0.332 e. The highest BCUT2D eigenvalue weighted by Gasteiger charge is 2.23. The SMILES string of the molecule is Cc1nc(C(=O)N(C)[C@@H](C)c2ccc(F)cc2)nn1-c1ccc(F)cc1. The maximum absolute atomic E-state index is 13.1. The van der Waals surface area contributed by atoms with Crippen molar-refractivity contribution in [3.63, 3.8) is 0 Å². The van der Waals surface area contributed by atoms with Crippen molar-refractivity contribution in [1.29, 1.82) is 0 Å². The van der Waals surface area contributed by atoms with Gasteiger partial charge in [0, 0.05) is 7.05 Å². The van der Waals surface area contributed by atoms with Crippen molar-refractivity contribution in [3.05, 3.63) is 77.4 Å². The van der Waals surface area contributed by atoms with Crippen LogP contribution in [-0.2, 0) is 0 Å². The maximum atomic E-state index is 13.1. The smallest absolute Gasteiger partial charge is 0.293 e. The van der Waals surface area contributed by atoms with Crippen molar-refractivity contribution in [1.82, 2.24) is 19.7 Å². The highest BCUT2D eigenvalue weighted by atomic mass is 19.1. The number of benzene rings is 2. The molecule has 2 aromatic carbocycles. The predicted molar refractivity (Wildman–Crippen MR) is 93.0 cm³/mol. The molecule has 0 fully saturated rings. The lowest BCUT2D eigenvalue weighted by Gasteiger charge is -2.24. The van der Waals surface area contributed by atoms with Crippen LogP contribution in [0.25, 0.3) is 5.69 Å². The fourth-order valence-electron chi connectivity index (χ4n) is 2.61. The molecule has 5 nitrogen and oxygen atoms in total. The molecule has 0 aliphatic heterocycles. The van der Waals surface area contributed by atoms with E-state index in [9.17, 15) is 13.6 Å². The Morgan fingerprint density at radius 1 is 1.04 bits per heavy atom. The molecule has 0 bridgehead atoms. The second-order valence-electron chi connectivity index (χ2n) is 6.01. The van der Waals surface area contributed by atoms with Gasteiger partial charge in [-0.05, 0) is 55.8 Å². The van der Waals surface area contributed by atoms with Gasteiger partial charge in [-0.15, -0.1) is 5.10 Å². The molecule has 3 aromatic rings. The first kappa shape index (κ1) is 17.7. The summed E-state index contributed by atoms with van der Waals surface area (Å²) in [7, 11) is 1.64. The number of hydrogen-bond donors (Lipinski definition) is 0. The topological polar surface area (TPSA) is 51.0 Å². The van der Waals surface area contributed by atoms with E-state index in [2.05, 4.69) is 10.1 Å². The molecule has 26 heavy (non-hydrogen) atoms. The summed E-state index contributed by atoms with van der Waals surface area (Å²) in [6, 6.07) is 11.5. The number of amides is 1. The van der Waals surface area contributed by atoms with E-state index in [4.69, 9.17) is 0 Å². The minimum absolute atomic E-state index is 0.0447. The Bertz CT molecular complexity index is 920. The predicted octanol–water partition coefficient (Wildman–Crippen LogP) is 3.69. The van der Waals surface area contributed by atoms with Gasteiger partial charge in [0.1, 0.15) is 17.5 Å². The maximum Gasteiger partial charge on any atom is 0.293 e. The van der Waals surface area contributed by atoms with Gasteiger partial charge in [0.05, 0.1) is 11.7 Å². The van der Waals surface area contributed by atoms with Crippen LogP contribution in [-0.4, -0.2) is 32.6 Å². The van der Waals surface area contributed by atoms with Gasteiger partial charge in [-0.25, -0.2) is 18.4 Å². The quantitative estimate of drug-likeness (QED) is 0.716. The van der Waals surface area contributed by atoms with Crippen LogP contribution in [0.3, 0.4) is 0 Å². The Hall–Kier alpha value is -3.09. The average molecular weight is 356 g/mol. The first-order valence-corrected chi connectivity index (χ1v) is 8.09. The van der Waals surface area contributed by atoms with Gasteiger partial charge >= 0.3 is 0 Å². The third-order valence-corrected chi connectivity index (χ3v) is 4.29. The standard InChI is InChI=1S/C19H18F2N4O/c1-12(14-4-6-15(20)7-5-14)24(3)19(26)18-22-13(2)25(23-18)17-10-8-16(21)9-11-17/h4-12H,1-3H3/t12-/m0/s1. The molecular formula is C19H18F2N4O. The lowest BCUT2D eigenvalue weighted by Crippen LogP contribution is -2.30. The van der Waals surface area contributed by atoms with E-state index in [0.717, 1.165) is 5.56 Å². The molecule has 0 saturated carbocycles. The first-order valence-electron chi connectivity index (χ1n) is 8.09. The van der Waals surface area contributed by atoms with Crippen molar-refractivity contribution >= 4 is 5.91 Å². The normalized spacial score (nSPS) is 12.0. The molecule has 0 unspecified atom stereocenters. The van der Waals surface area contributed by atoms with Crippen LogP contribution in [0.2, 0.25) is 0 Å². The summed E-state index contributed by atoms with van der Waals surface area (Å²) in [5.74, 6) is -0.474. The van der Waals surface area contributed by atoms with E-state index < -0.39 is 0 Å². The molecule has 0 spiro atoms. The van der Waals surface area contributed by atoms with E-state index in [1.54, 1.807) is 38.2 Å². The van der Waals surface area contributed by atoms with Crippen molar-refractivity contribution in [2.45, 2.75) is 19.9 Å². The molecule has 7 heteroatoms. The van der Waals surface area contributed by atoms with Crippen molar-refractivity contribution < 1.29 is 13.6 Å². The van der Waals surface area contributed by atoms with E-state index in [1.165, 1.54) is 33.8 Å². The third kappa shape index (κ3) is 3.46. The number of halogens is 2. The number of nitrogens with zero attached hydrogens (tertiary/aromatic N) is 4. The van der Waals surface area contributed by atoms with E-state index >= 15 is 0 Å². The minimum Gasteiger partial charge on any atom is -0.332 e. The van der Waals surface area contributed by atoms with Crippen LogP contribution >= 0.6 is 0 Å². The summed E-state index contributed by atoms with van der Waals surface area (Å²) in [6.45, 7) is 3.56. The molecule has 1 atom stereocenters. The molecule has 134 valence electrons. The summed E-state index contributed by atoms with van der Waals surface area (Å²) in [6.07, 6.45) is 0. The lowest BCUT2D eigenvalue weighted by atomic mass is 10.1. The molecule has 0 aliphatic carbocycles. The Labute approximate surface area is 149 Å². The van der Waals surface area contributed by atoms with Gasteiger partial charge in [-0.2, -0.15) is 0 Å². The molecule has 1 heterocycles. The molecule has 1 amide bonds. The summed E-state index contributed by atoms with van der Waals surface area (Å²) in [4.78, 5) is 18.5. The Morgan fingerprint density at radius 2 is 1.58 bits per heavy atom. The second-order valence-corrected chi connectivity index (χ2v) is 6.01. The average Bonchev–Trinajstić information content (AvgIpc) is 3.03. The number of carbonyl (C=O) groups excluding carboxylic acids is 1. The van der Waals surface area contributed by atoms with Crippen LogP contribution in [0.4, 0.5) is 8.78 Å².